The Hall–Kier alpha value is -0.680. The van der Waals surface area contributed by atoms with Gasteiger partial charge in [0.25, 0.3) is 0 Å². The second-order valence-corrected chi connectivity index (χ2v) is 5.45. The number of rotatable bonds is 1. The topological polar surface area (TPSA) is 29.3 Å². The van der Waals surface area contributed by atoms with E-state index in [1.54, 1.807) is 11.3 Å². The van der Waals surface area contributed by atoms with Crippen LogP contribution in [0.5, 0.6) is 0 Å². The van der Waals surface area contributed by atoms with Crippen molar-refractivity contribution in [2.75, 3.05) is 0 Å². The second kappa shape index (κ2) is 5.59. The highest BCUT2D eigenvalue weighted by Gasteiger charge is 2.13. The number of hydrogen-bond donors (Lipinski definition) is 1. The Morgan fingerprint density at radius 3 is 2.88 bits per heavy atom. The number of aryl methyl sites for hydroxylation is 1. The van der Waals surface area contributed by atoms with Crippen molar-refractivity contribution in [3.05, 3.63) is 16.4 Å². The summed E-state index contributed by atoms with van der Waals surface area (Å²) < 4.78 is 1.99. The summed E-state index contributed by atoms with van der Waals surface area (Å²) in [5.41, 5.74) is 0. The molecule has 0 amide bonds. The number of aromatic nitrogens is 1. The molecule has 0 spiro atoms. The van der Waals surface area contributed by atoms with Gasteiger partial charge in [0.1, 0.15) is 0 Å². The minimum absolute atomic E-state index is 0.537. The molecule has 0 bridgehead atoms. The maximum atomic E-state index is 5.26. The van der Waals surface area contributed by atoms with Crippen LogP contribution in [0.15, 0.2) is 16.6 Å². The number of hydrogen-bond acceptors (Lipinski definition) is 2. The van der Waals surface area contributed by atoms with E-state index in [1.165, 1.54) is 32.1 Å². The predicted molar refractivity (Wildman–Crippen MR) is 71.5 cm³/mol. The molecule has 1 aromatic rings. The molecule has 0 atom stereocenters. The average Bonchev–Trinajstić information content (AvgIpc) is 2.66. The molecule has 0 saturated heterocycles. The first-order valence-corrected chi connectivity index (χ1v) is 7.00. The zero-order valence-electron chi connectivity index (χ0n) is 9.48. The summed E-state index contributed by atoms with van der Waals surface area (Å²) >= 11 is 6.87. The fourth-order valence-electron chi connectivity index (χ4n) is 1.98. The summed E-state index contributed by atoms with van der Waals surface area (Å²) in [6.45, 7) is 0. The summed E-state index contributed by atoms with van der Waals surface area (Å²) in [6, 6.07) is 0.537. The molecule has 16 heavy (non-hydrogen) atoms. The lowest BCUT2D eigenvalue weighted by molar-refractivity contribution is 0.414. The maximum Gasteiger partial charge on any atom is 0.195 e. The van der Waals surface area contributed by atoms with Crippen molar-refractivity contribution in [3.8, 4) is 0 Å². The van der Waals surface area contributed by atoms with Crippen molar-refractivity contribution in [1.82, 2.24) is 9.88 Å². The van der Waals surface area contributed by atoms with Crippen molar-refractivity contribution in [2.24, 2.45) is 12.0 Å². The highest BCUT2D eigenvalue weighted by molar-refractivity contribution is 7.80. The van der Waals surface area contributed by atoms with E-state index in [1.807, 2.05) is 23.2 Å². The van der Waals surface area contributed by atoms with Gasteiger partial charge in [-0.25, -0.2) is 0 Å². The van der Waals surface area contributed by atoms with Gasteiger partial charge in [-0.05, 0) is 25.1 Å². The lowest BCUT2D eigenvalue weighted by Crippen LogP contribution is -2.35. The molecule has 1 aliphatic carbocycles. The highest BCUT2D eigenvalue weighted by Crippen LogP contribution is 2.17. The summed E-state index contributed by atoms with van der Waals surface area (Å²) in [5.74, 6) is 0. The molecule has 1 saturated carbocycles. The van der Waals surface area contributed by atoms with Crippen LogP contribution in [0, 0.1) is 0 Å². The molecule has 5 heteroatoms. The van der Waals surface area contributed by atoms with Crippen molar-refractivity contribution < 1.29 is 0 Å². The van der Waals surface area contributed by atoms with E-state index < -0.39 is 0 Å². The first kappa shape index (κ1) is 11.8. The van der Waals surface area contributed by atoms with Crippen LogP contribution in [0.4, 0.5) is 0 Å². The van der Waals surface area contributed by atoms with E-state index in [-0.39, 0.29) is 0 Å². The van der Waals surface area contributed by atoms with Crippen LogP contribution >= 0.6 is 23.6 Å². The quantitative estimate of drug-likeness (QED) is 0.780. The van der Waals surface area contributed by atoms with Crippen LogP contribution in [0.2, 0.25) is 0 Å². The molecule has 1 aromatic heterocycles. The third kappa shape index (κ3) is 3.15. The Kier molecular flexibility index (Phi) is 4.12. The Morgan fingerprint density at radius 2 is 2.25 bits per heavy atom. The van der Waals surface area contributed by atoms with Gasteiger partial charge in [-0.15, -0.1) is 11.3 Å². The van der Waals surface area contributed by atoms with Crippen molar-refractivity contribution >= 4 is 28.7 Å². The summed E-state index contributed by atoms with van der Waals surface area (Å²) in [5, 5.41) is 5.99. The number of nitrogens with zero attached hydrogens (tertiary/aromatic N) is 2. The largest absolute Gasteiger partial charge is 0.358 e. The van der Waals surface area contributed by atoms with Crippen LogP contribution in [0.1, 0.15) is 32.1 Å². The number of nitrogens with one attached hydrogen (secondary N) is 1. The van der Waals surface area contributed by atoms with Crippen LogP contribution < -0.4 is 10.1 Å². The van der Waals surface area contributed by atoms with Gasteiger partial charge in [0, 0.05) is 24.7 Å². The molecule has 1 N–H and O–H groups in total. The minimum Gasteiger partial charge on any atom is -0.358 e. The predicted octanol–water partition coefficient (Wildman–Crippen LogP) is 2.19. The Labute approximate surface area is 105 Å². The van der Waals surface area contributed by atoms with Gasteiger partial charge in [-0.2, -0.15) is 4.99 Å². The number of thiocarbonyl (C=S) groups is 1. The van der Waals surface area contributed by atoms with Crippen molar-refractivity contribution in [1.29, 1.82) is 0 Å². The highest BCUT2D eigenvalue weighted by atomic mass is 32.1. The molecule has 88 valence electrons. The van der Waals surface area contributed by atoms with Gasteiger partial charge < -0.3 is 9.88 Å². The average molecular weight is 255 g/mol. The van der Waals surface area contributed by atoms with Crippen molar-refractivity contribution in [3.63, 3.8) is 0 Å². The molecule has 1 aliphatic rings. The van der Waals surface area contributed by atoms with Crippen LogP contribution in [-0.2, 0) is 7.05 Å². The van der Waals surface area contributed by atoms with E-state index >= 15 is 0 Å². The normalized spacial score (nSPS) is 18.7. The zero-order chi connectivity index (χ0) is 11.4. The third-order valence-corrected chi connectivity index (χ3v) is 3.95. The van der Waals surface area contributed by atoms with E-state index in [2.05, 4.69) is 10.3 Å². The van der Waals surface area contributed by atoms with Gasteiger partial charge >= 0.3 is 0 Å². The number of thiazole rings is 1. The van der Waals surface area contributed by atoms with Crippen LogP contribution in [0.3, 0.4) is 0 Å². The molecular weight excluding hydrogens is 238 g/mol. The second-order valence-electron chi connectivity index (χ2n) is 4.19. The molecule has 1 fully saturated rings. The molecule has 0 radical (unpaired) electrons. The third-order valence-electron chi connectivity index (χ3n) is 2.89. The lowest BCUT2D eigenvalue weighted by atomic mass is 9.96. The molecular formula is C11H17N3S2. The SMILES string of the molecule is Cn1ccs/c1=N\C(=S)NC1CCCCC1. The maximum absolute atomic E-state index is 5.26. The van der Waals surface area contributed by atoms with E-state index in [0.29, 0.717) is 11.2 Å². The minimum atomic E-state index is 0.537. The standard InChI is InChI=1S/C11H17N3S2/c1-14-7-8-16-11(14)13-10(15)12-9-5-3-2-4-6-9/h7-9H,2-6H2,1H3,(H,12,15)/b13-11-. The van der Waals surface area contributed by atoms with Gasteiger partial charge in [0.15, 0.2) is 9.91 Å². The van der Waals surface area contributed by atoms with Crippen LogP contribution in [0.25, 0.3) is 0 Å². The summed E-state index contributed by atoms with van der Waals surface area (Å²) in [7, 11) is 1.98. The molecule has 3 nitrogen and oxygen atoms in total. The Balaban J connectivity index is 1.96. The smallest absolute Gasteiger partial charge is 0.195 e. The molecule has 0 aromatic carbocycles. The van der Waals surface area contributed by atoms with Gasteiger partial charge in [-0.3, -0.25) is 0 Å². The van der Waals surface area contributed by atoms with E-state index in [0.717, 1.165) is 4.80 Å². The molecule has 1 heterocycles. The van der Waals surface area contributed by atoms with Gasteiger partial charge in [0.05, 0.1) is 0 Å². The van der Waals surface area contributed by atoms with Crippen LogP contribution in [-0.4, -0.2) is 15.7 Å². The summed E-state index contributed by atoms with van der Waals surface area (Å²) in [4.78, 5) is 5.37. The zero-order valence-corrected chi connectivity index (χ0v) is 11.1. The van der Waals surface area contributed by atoms with Gasteiger partial charge in [-0.1, -0.05) is 19.3 Å². The molecule has 0 aliphatic heterocycles. The monoisotopic (exact) mass is 255 g/mol. The fraction of sp³-hybridized carbons (Fsp3) is 0.636. The first-order valence-electron chi connectivity index (χ1n) is 5.71. The first-order chi connectivity index (χ1) is 7.75. The molecule has 2 rings (SSSR count). The van der Waals surface area contributed by atoms with Crippen molar-refractivity contribution in [2.45, 2.75) is 38.1 Å². The van der Waals surface area contributed by atoms with Gasteiger partial charge in [0.2, 0.25) is 0 Å². The lowest BCUT2D eigenvalue weighted by Gasteiger charge is -2.22. The molecule has 0 unspecified atom stereocenters. The Bertz CT molecular complexity index is 413. The van der Waals surface area contributed by atoms with E-state index in [9.17, 15) is 0 Å². The van der Waals surface area contributed by atoms with E-state index in [4.69, 9.17) is 12.2 Å². The Morgan fingerprint density at radius 1 is 1.50 bits per heavy atom. The summed E-state index contributed by atoms with van der Waals surface area (Å²) in [6.07, 6.45) is 8.44. The fourth-order valence-corrected chi connectivity index (χ4v) is 3.02.